The molecule has 86 valence electrons. The molecule has 0 atom stereocenters. The number of carbonyl (C=O) groups is 1. The number of anilines is 1. The minimum Gasteiger partial charge on any atom is -0.505 e. The number of hydrogen-bond donors (Lipinski definition) is 3. The maximum atomic E-state index is 11.7. The van der Waals surface area contributed by atoms with E-state index in [0.29, 0.717) is 18.5 Å². The Kier molecular flexibility index (Phi) is 2.39. The third-order valence-electron chi connectivity index (χ3n) is 2.93. The van der Waals surface area contributed by atoms with E-state index in [2.05, 4.69) is 5.32 Å². The molecule has 0 saturated heterocycles. The maximum absolute atomic E-state index is 11.7. The van der Waals surface area contributed by atoms with Crippen molar-refractivity contribution >= 4 is 11.6 Å². The summed E-state index contributed by atoms with van der Waals surface area (Å²) in [7, 11) is 0. The third-order valence-corrected chi connectivity index (χ3v) is 2.93. The molecule has 0 unspecified atom stereocenters. The molecule has 0 aromatic heterocycles. The van der Waals surface area contributed by atoms with E-state index < -0.39 is 5.54 Å². The van der Waals surface area contributed by atoms with E-state index in [4.69, 9.17) is 5.73 Å². The Morgan fingerprint density at radius 3 is 2.62 bits per heavy atom. The smallest absolute Gasteiger partial charge is 0.244 e. The van der Waals surface area contributed by atoms with Crippen LogP contribution in [0.1, 0.15) is 24.0 Å². The summed E-state index contributed by atoms with van der Waals surface area (Å²) in [6, 6.07) is 3.60. The summed E-state index contributed by atoms with van der Waals surface area (Å²) in [5, 5.41) is 12.5. The van der Waals surface area contributed by atoms with Crippen LogP contribution in [0.25, 0.3) is 0 Å². The summed E-state index contributed by atoms with van der Waals surface area (Å²) in [5.74, 6) is -0.101. The topological polar surface area (TPSA) is 75.3 Å². The largest absolute Gasteiger partial charge is 0.505 e. The Morgan fingerprint density at radius 1 is 1.44 bits per heavy atom. The van der Waals surface area contributed by atoms with Crippen LogP contribution in [0.5, 0.6) is 5.75 Å². The minimum atomic E-state index is -0.718. The molecule has 1 saturated carbocycles. The summed E-state index contributed by atoms with van der Waals surface area (Å²) in [5.41, 5.74) is 7.24. The van der Waals surface area contributed by atoms with Crippen LogP contribution in [0.4, 0.5) is 5.69 Å². The van der Waals surface area contributed by atoms with E-state index in [1.165, 1.54) is 0 Å². The molecule has 16 heavy (non-hydrogen) atoms. The van der Waals surface area contributed by atoms with Gasteiger partial charge in [-0.05, 0) is 43.9 Å². The molecule has 1 fully saturated rings. The van der Waals surface area contributed by atoms with Crippen molar-refractivity contribution in [3.8, 4) is 5.75 Å². The first-order valence-corrected chi connectivity index (χ1v) is 5.33. The maximum Gasteiger partial charge on any atom is 0.244 e. The minimum absolute atomic E-state index is 0.114. The Bertz CT molecular complexity index is 451. The monoisotopic (exact) mass is 220 g/mol. The van der Waals surface area contributed by atoms with Gasteiger partial charge in [0.15, 0.2) is 0 Å². The first kappa shape index (κ1) is 11.0. The molecule has 1 aromatic rings. The number of nitrogens with one attached hydrogen (secondary N) is 1. The average molecular weight is 220 g/mol. The molecule has 0 bridgehead atoms. The normalized spacial score (nSPS) is 16.9. The van der Waals surface area contributed by atoms with Gasteiger partial charge in [0.05, 0.1) is 11.2 Å². The van der Waals surface area contributed by atoms with Gasteiger partial charge in [0, 0.05) is 0 Å². The van der Waals surface area contributed by atoms with E-state index in [1.54, 1.807) is 13.0 Å². The number of aryl methyl sites for hydroxylation is 2. The molecule has 4 heteroatoms. The first-order valence-electron chi connectivity index (χ1n) is 5.33. The summed E-state index contributed by atoms with van der Waals surface area (Å²) >= 11 is 0. The van der Waals surface area contributed by atoms with Gasteiger partial charge in [0.2, 0.25) is 5.91 Å². The van der Waals surface area contributed by atoms with Crippen LogP contribution in [-0.2, 0) is 4.79 Å². The Morgan fingerprint density at radius 2 is 2.06 bits per heavy atom. The van der Waals surface area contributed by atoms with Crippen molar-refractivity contribution in [2.24, 2.45) is 5.73 Å². The zero-order valence-corrected chi connectivity index (χ0v) is 9.50. The molecule has 4 nitrogen and oxygen atoms in total. The summed E-state index contributed by atoms with van der Waals surface area (Å²) in [6.07, 6.45) is 1.43. The van der Waals surface area contributed by atoms with Gasteiger partial charge in [-0.15, -0.1) is 0 Å². The summed E-state index contributed by atoms with van der Waals surface area (Å²) in [4.78, 5) is 11.7. The van der Waals surface area contributed by atoms with Gasteiger partial charge >= 0.3 is 0 Å². The second-order valence-corrected chi connectivity index (χ2v) is 4.59. The van der Waals surface area contributed by atoms with Crippen molar-refractivity contribution in [1.29, 1.82) is 0 Å². The zero-order chi connectivity index (χ0) is 11.9. The second-order valence-electron chi connectivity index (χ2n) is 4.59. The fourth-order valence-corrected chi connectivity index (χ4v) is 1.66. The second kappa shape index (κ2) is 3.49. The van der Waals surface area contributed by atoms with Crippen molar-refractivity contribution in [2.45, 2.75) is 32.2 Å². The number of benzene rings is 1. The molecular weight excluding hydrogens is 204 g/mol. The predicted molar refractivity (Wildman–Crippen MR) is 62.4 cm³/mol. The fourth-order valence-electron chi connectivity index (χ4n) is 1.66. The van der Waals surface area contributed by atoms with E-state index in [1.807, 2.05) is 13.0 Å². The first-order chi connectivity index (χ1) is 7.42. The molecule has 1 amide bonds. The van der Waals surface area contributed by atoms with Gasteiger partial charge in [0.25, 0.3) is 0 Å². The highest BCUT2D eigenvalue weighted by molar-refractivity contribution is 6.01. The molecular formula is C12H16N2O2. The number of nitrogens with two attached hydrogens (primary N) is 1. The Labute approximate surface area is 94.5 Å². The van der Waals surface area contributed by atoms with Crippen molar-refractivity contribution in [3.63, 3.8) is 0 Å². The molecule has 0 spiro atoms. The number of aromatic hydroxyl groups is 1. The number of amides is 1. The van der Waals surface area contributed by atoms with Crippen molar-refractivity contribution in [1.82, 2.24) is 0 Å². The highest BCUT2D eigenvalue weighted by Gasteiger charge is 2.46. The SMILES string of the molecule is Cc1cc(C)c(O)c(NC(=O)C2(N)CC2)c1. The lowest BCUT2D eigenvalue weighted by Crippen LogP contribution is -2.37. The van der Waals surface area contributed by atoms with Crippen LogP contribution in [0.15, 0.2) is 12.1 Å². The van der Waals surface area contributed by atoms with Gasteiger partial charge in [0.1, 0.15) is 5.75 Å². The number of phenols is 1. The quantitative estimate of drug-likeness (QED) is 0.660. The molecule has 1 aliphatic carbocycles. The van der Waals surface area contributed by atoms with Gasteiger partial charge in [-0.25, -0.2) is 0 Å². The van der Waals surface area contributed by atoms with Gasteiger partial charge in [-0.2, -0.15) is 0 Å². The molecule has 1 aromatic carbocycles. The van der Waals surface area contributed by atoms with Crippen molar-refractivity contribution in [2.75, 3.05) is 5.32 Å². The molecule has 1 aliphatic rings. The number of phenolic OH excluding ortho intramolecular Hbond substituents is 1. The summed E-state index contributed by atoms with van der Waals surface area (Å²) in [6.45, 7) is 3.71. The summed E-state index contributed by atoms with van der Waals surface area (Å²) < 4.78 is 0. The van der Waals surface area contributed by atoms with Crippen LogP contribution in [-0.4, -0.2) is 16.6 Å². The molecule has 0 heterocycles. The molecule has 0 aliphatic heterocycles. The van der Waals surface area contributed by atoms with Crippen LogP contribution in [0.3, 0.4) is 0 Å². The number of rotatable bonds is 2. The molecule has 4 N–H and O–H groups in total. The van der Waals surface area contributed by atoms with E-state index in [0.717, 1.165) is 11.1 Å². The van der Waals surface area contributed by atoms with Crippen molar-refractivity contribution in [3.05, 3.63) is 23.3 Å². The highest BCUT2D eigenvalue weighted by atomic mass is 16.3. The van der Waals surface area contributed by atoms with Gasteiger partial charge in [-0.3, -0.25) is 4.79 Å². The molecule has 0 radical (unpaired) electrons. The van der Waals surface area contributed by atoms with Crippen molar-refractivity contribution < 1.29 is 9.90 Å². The molecule has 2 rings (SSSR count). The third kappa shape index (κ3) is 1.88. The average Bonchev–Trinajstić information content (AvgIpc) is 2.93. The highest BCUT2D eigenvalue weighted by Crippen LogP contribution is 2.35. The Balaban J connectivity index is 2.24. The predicted octanol–water partition coefficient (Wildman–Crippen LogP) is 1.44. The van der Waals surface area contributed by atoms with Gasteiger partial charge in [-0.1, -0.05) is 6.07 Å². The zero-order valence-electron chi connectivity index (χ0n) is 9.50. The Hall–Kier alpha value is -1.55. The lowest BCUT2D eigenvalue weighted by molar-refractivity contribution is -0.118. The van der Waals surface area contributed by atoms with Crippen LogP contribution in [0.2, 0.25) is 0 Å². The van der Waals surface area contributed by atoms with E-state index in [-0.39, 0.29) is 11.7 Å². The number of carbonyl (C=O) groups excluding carboxylic acids is 1. The standard InChI is InChI=1S/C12H16N2O2/c1-7-5-8(2)10(15)9(6-7)14-11(16)12(13)3-4-12/h5-6,15H,3-4,13H2,1-2H3,(H,14,16). The van der Waals surface area contributed by atoms with E-state index in [9.17, 15) is 9.90 Å². The van der Waals surface area contributed by atoms with E-state index >= 15 is 0 Å². The van der Waals surface area contributed by atoms with Crippen LogP contribution >= 0.6 is 0 Å². The van der Waals surface area contributed by atoms with Gasteiger partial charge < -0.3 is 16.2 Å². The lowest BCUT2D eigenvalue weighted by Gasteiger charge is -2.13. The van der Waals surface area contributed by atoms with Crippen LogP contribution in [0, 0.1) is 13.8 Å². The number of hydrogen-bond acceptors (Lipinski definition) is 3. The van der Waals surface area contributed by atoms with Crippen LogP contribution < -0.4 is 11.1 Å². The fraction of sp³-hybridized carbons (Fsp3) is 0.417. The lowest BCUT2D eigenvalue weighted by atomic mass is 10.1.